The molecular weight excluding hydrogens is 220 g/mol. The van der Waals surface area contributed by atoms with Crippen molar-refractivity contribution in [1.29, 1.82) is 0 Å². The minimum atomic E-state index is -0.400. The molecule has 0 radical (unpaired) electrons. The van der Waals surface area contributed by atoms with Crippen LogP contribution in [-0.2, 0) is 0 Å². The number of nitro benzene ring substituents is 1. The summed E-state index contributed by atoms with van der Waals surface area (Å²) in [7, 11) is 0. The number of nitrogens with zero attached hydrogens (tertiary/aromatic N) is 2. The molecule has 1 aromatic rings. The van der Waals surface area contributed by atoms with Crippen molar-refractivity contribution in [3.8, 4) is 0 Å². The van der Waals surface area contributed by atoms with Crippen LogP contribution < -0.4 is 0 Å². The Balaban J connectivity index is 2.37. The van der Waals surface area contributed by atoms with Crippen molar-refractivity contribution in [3.63, 3.8) is 0 Å². The number of aryl methyl sites for hydroxylation is 2. The van der Waals surface area contributed by atoms with Crippen molar-refractivity contribution < 1.29 is 9.72 Å². The summed E-state index contributed by atoms with van der Waals surface area (Å²) in [6.07, 6.45) is 1.04. The van der Waals surface area contributed by atoms with Gasteiger partial charge in [-0.05, 0) is 32.4 Å². The van der Waals surface area contributed by atoms with E-state index in [0.717, 1.165) is 19.5 Å². The molecule has 0 unspecified atom stereocenters. The van der Waals surface area contributed by atoms with Gasteiger partial charge in [0.15, 0.2) is 0 Å². The first-order chi connectivity index (χ1) is 8.00. The predicted molar refractivity (Wildman–Crippen MR) is 63.1 cm³/mol. The van der Waals surface area contributed by atoms with E-state index in [0.29, 0.717) is 16.7 Å². The Labute approximate surface area is 99.2 Å². The first-order valence-corrected chi connectivity index (χ1v) is 5.55. The highest BCUT2D eigenvalue weighted by atomic mass is 16.6. The SMILES string of the molecule is Cc1cc(C(=O)N2CCC2)cc(C)c1[N+](=O)[O-]. The van der Waals surface area contributed by atoms with Crippen LogP contribution in [0, 0.1) is 24.0 Å². The largest absolute Gasteiger partial charge is 0.339 e. The molecule has 90 valence electrons. The van der Waals surface area contributed by atoms with Crippen LogP contribution in [-0.4, -0.2) is 28.8 Å². The molecule has 1 heterocycles. The summed E-state index contributed by atoms with van der Waals surface area (Å²) in [6.45, 7) is 4.90. The summed E-state index contributed by atoms with van der Waals surface area (Å²) >= 11 is 0. The summed E-state index contributed by atoms with van der Waals surface area (Å²) in [4.78, 5) is 24.2. The molecule has 5 heteroatoms. The van der Waals surface area contributed by atoms with Crippen molar-refractivity contribution in [1.82, 2.24) is 4.90 Å². The lowest BCUT2D eigenvalue weighted by molar-refractivity contribution is -0.386. The number of benzene rings is 1. The number of carbonyl (C=O) groups is 1. The van der Waals surface area contributed by atoms with Gasteiger partial charge < -0.3 is 4.90 Å². The van der Waals surface area contributed by atoms with E-state index in [-0.39, 0.29) is 11.6 Å². The quantitative estimate of drug-likeness (QED) is 0.581. The molecule has 0 aliphatic carbocycles. The maximum atomic E-state index is 12.0. The number of amides is 1. The molecule has 0 saturated carbocycles. The van der Waals surface area contributed by atoms with Crippen molar-refractivity contribution in [2.24, 2.45) is 0 Å². The van der Waals surface area contributed by atoms with E-state index in [2.05, 4.69) is 0 Å². The standard InChI is InChI=1S/C12H14N2O3/c1-8-6-10(12(15)13-4-3-5-13)7-9(2)11(8)14(16)17/h6-7H,3-5H2,1-2H3. The van der Waals surface area contributed by atoms with Gasteiger partial charge in [0.2, 0.25) is 0 Å². The smallest absolute Gasteiger partial charge is 0.275 e. The lowest BCUT2D eigenvalue weighted by atomic mass is 10.0. The highest BCUT2D eigenvalue weighted by Crippen LogP contribution is 2.25. The van der Waals surface area contributed by atoms with Gasteiger partial charge in [0.1, 0.15) is 0 Å². The van der Waals surface area contributed by atoms with Crippen molar-refractivity contribution >= 4 is 11.6 Å². The van der Waals surface area contributed by atoms with Gasteiger partial charge in [-0.15, -0.1) is 0 Å². The second-order valence-electron chi connectivity index (χ2n) is 4.36. The van der Waals surface area contributed by atoms with Crippen LogP contribution in [0.2, 0.25) is 0 Å². The number of nitro groups is 1. The van der Waals surface area contributed by atoms with Gasteiger partial charge >= 0.3 is 0 Å². The molecule has 1 aromatic carbocycles. The molecule has 1 aliphatic heterocycles. The Hall–Kier alpha value is -1.91. The number of carbonyl (C=O) groups excluding carboxylic acids is 1. The minimum Gasteiger partial charge on any atom is -0.339 e. The number of hydrogen-bond acceptors (Lipinski definition) is 3. The highest BCUT2D eigenvalue weighted by molar-refractivity contribution is 5.95. The second-order valence-corrected chi connectivity index (χ2v) is 4.36. The number of likely N-dealkylation sites (tertiary alicyclic amines) is 1. The average Bonchev–Trinajstić information content (AvgIpc) is 2.12. The number of rotatable bonds is 2. The zero-order valence-corrected chi connectivity index (χ0v) is 9.90. The Morgan fingerprint density at radius 3 is 2.18 bits per heavy atom. The van der Waals surface area contributed by atoms with E-state index in [9.17, 15) is 14.9 Å². The van der Waals surface area contributed by atoms with Gasteiger partial charge in [-0.2, -0.15) is 0 Å². The van der Waals surface area contributed by atoms with E-state index < -0.39 is 4.92 Å². The average molecular weight is 234 g/mol. The molecule has 0 aromatic heterocycles. The Bertz CT molecular complexity index is 470. The molecule has 0 atom stereocenters. The zero-order chi connectivity index (χ0) is 12.6. The Morgan fingerprint density at radius 1 is 1.29 bits per heavy atom. The van der Waals surface area contributed by atoms with Crippen LogP contribution >= 0.6 is 0 Å². The lowest BCUT2D eigenvalue weighted by Crippen LogP contribution is -2.42. The van der Waals surface area contributed by atoms with Crippen LogP contribution in [0.15, 0.2) is 12.1 Å². The molecule has 2 rings (SSSR count). The highest BCUT2D eigenvalue weighted by Gasteiger charge is 2.24. The van der Waals surface area contributed by atoms with Crippen molar-refractivity contribution in [2.45, 2.75) is 20.3 Å². The third kappa shape index (κ3) is 2.00. The molecule has 1 amide bonds. The van der Waals surface area contributed by atoms with Gasteiger partial charge in [-0.3, -0.25) is 14.9 Å². The van der Waals surface area contributed by atoms with Gasteiger partial charge in [-0.1, -0.05) is 0 Å². The number of hydrogen-bond donors (Lipinski definition) is 0. The van der Waals surface area contributed by atoms with Crippen molar-refractivity contribution in [3.05, 3.63) is 38.9 Å². The first-order valence-electron chi connectivity index (χ1n) is 5.55. The van der Waals surface area contributed by atoms with Crippen molar-refractivity contribution in [2.75, 3.05) is 13.1 Å². The summed E-state index contributed by atoms with van der Waals surface area (Å²) in [5, 5.41) is 10.8. The molecule has 17 heavy (non-hydrogen) atoms. The van der Waals surface area contributed by atoms with Crippen LogP contribution in [0.3, 0.4) is 0 Å². The van der Waals surface area contributed by atoms with Gasteiger partial charge in [0.25, 0.3) is 11.6 Å². The topological polar surface area (TPSA) is 63.5 Å². The fourth-order valence-corrected chi connectivity index (χ4v) is 2.07. The van der Waals surface area contributed by atoms with E-state index in [1.165, 1.54) is 0 Å². The first kappa shape index (κ1) is 11.6. The molecule has 1 aliphatic rings. The van der Waals surface area contributed by atoms with Crippen LogP contribution in [0.25, 0.3) is 0 Å². The fourth-order valence-electron chi connectivity index (χ4n) is 2.07. The van der Waals surface area contributed by atoms with E-state index in [4.69, 9.17) is 0 Å². The van der Waals surface area contributed by atoms with Crippen LogP contribution in [0.1, 0.15) is 27.9 Å². The van der Waals surface area contributed by atoms with Gasteiger partial charge in [0, 0.05) is 29.8 Å². The maximum Gasteiger partial charge on any atom is 0.275 e. The summed E-state index contributed by atoms with van der Waals surface area (Å²) in [5.74, 6) is -0.0302. The van der Waals surface area contributed by atoms with Gasteiger partial charge in [0.05, 0.1) is 4.92 Å². The second kappa shape index (κ2) is 4.16. The normalized spacial score (nSPS) is 14.4. The molecule has 0 spiro atoms. The third-order valence-electron chi connectivity index (χ3n) is 3.06. The fraction of sp³-hybridized carbons (Fsp3) is 0.417. The predicted octanol–water partition coefficient (Wildman–Crippen LogP) is 2.06. The molecule has 0 bridgehead atoms. The van der Waals surface area contributed by atoms with E-state index in [1.54, 1.807) is 30.9 Å². The third-order valence-corrected chi connectivity index (χ3v) is 3.06. The van der Waals surface area contributed by atoms with Crippen LogP contribution in [0.4, 0.5) is 5.69 Å². The minimum absolute atomic E-state index is 0.0302. The molecular formula is C12H14N2O3. The van der Waals surface area contributed by atoms with E-state index in [1.807, 2.05) is 0 Å². The zero-order valence-electron chi connectivity index (χ0n) is 9.90. The van der Waals surface area contributed by atoms with Crippen LogP contribution in [0.5, 0.6) is 0 Å². The van der Waals surface area contributed by atoms with E-state index >= 15 is 0 Å². The molecule has 0 N–H and O–H groups in total. The lowest BCUT2D eigenvalue weighted by Gasteiger charge is -2.31. The van der Waals surface area contributed by atoms with Gasteiger partial charge in [-0.25, -0.2) is 0 Å². The summed E-state index contributed by atoms with van der Waals surface area (Å²) in [6, 6.07) is 3.21. The summed E-state index contributed by atoms with van der Waals surface area (Å²) in [5.41, 5.74) is 1.73. The summed E-state index contributed by atoms with van der Waals surface area (Å²) < 4.78 is 0. The molecule has 5 nitrogen and oxygen atoms in total. The Morgan fingerprint density at radius 2 is 1.82 bits per heavy atom. The molecule has 1 saturated heterocycles. The monoisotopic (exact) mass is 234 g/mol. The maximum absolute atomic E-state index is 12.0. The Kier molecular flexibility index (Phi) is 2.83. The molecule has 1 fully saturated rings.